The average molecular weight is 298 g/mol. The standard InChI is InChI=1S/C8H7Br2FO/c9-3-4-12-6-1-2-7(10)8(11)5-6/h1-2,5H,3-4H2. The highest BCUT2D eigenvalue weighted by atomic mass is 79.9. The van der Waals surface area contributed by atoms with E-state index in [2.05, 4.69) is 31.9 Å². The molecule has 4 heteroatoms. The second-order valence-electron chi connectivity index (χ2n) is 2.11. The van der Waals surface area contributed by atoms with Gasteiger partial charge >= 0.3 is 0 Å². The number of hydrogen-bond acceptors (Lipinski definition) is 1. The minimum Gasteiger partial charge on any atom is -0.493 e. The molecule has 66 valence electrons. The number of rotatable bonds is 3. The Bertz CT molecular complexity index is 265. The molecule has 0 aliphatic carbocycles. The van der Waals surface area contributed by atoms with Gasteiger partial charge < -0.3 is 4.74 Å². The molecule has 0 aliphatic rings. The molecular weight excluding hydrogens is 291 g/mol. The Morgan fingerprint density at radius 2 is 2.17 bits per heavy atom. The predicted octanol–water partition coefficient (Wildman–Crippen LogP) is 3.36. The molecule has 0 amide bonds. The Hall–Kier alpha value is -0.0900. The summed E-state index contributed by atoms with van der Waals surface area (Å²) < 4.78 is 18.5. The first-order chi connectivity index (χ1) is 5.74. The maximum absolute atomic E-state index is 12.9. The van der Waals surface area contributed by atoms with Crippen molar-refractivity contribution in [2.75, 3.05) is 11.9 Å². The molecular formula is C8H7Br2FO. The third kappa shape index (κ3) is 2.75. The van der Waals surface area contributed by atoms with Crippen LogP contribution in [0.25, 0.3) is 0 Å². The molecule has 0 bridgehead atoms. The van der Waals surface area contributed by atoms with Gasteiger partial charge in [0.1, 0.15) is 11.6 Å². The summed E-state index contributed by atoms with van der Waals surface area (Å²) in [5.41, 5.74) is 0. The fourth-order valence-electron chi connectivity index (χ4n) is 0.723. The van der Waals surface area contributed by atoms with Gasteiger partial charge in [-0.1, -0.05) is 15.9 Å². The van der Waals surface area contributed by atoms with Crippen molar-refractivity contribution in [1.29, 1.82) is 0 Å². The van der Waals surface area contributed by atoms with Crippen LogP contribution in [0.4, 0.5) is 4.39 Å². The summed E-state index contributed by atoms with van der Waals surface area (Å²) in [4.78, 5) is 0. The van der Waals surface area contributed by atoms with Gasteiger partial charge in [-0.2, -0.15) is 0 Å². The first-order valence-corrected chi connectivity index (χ1v) is 5.29. The van der Waals surface area contributed by atoms with Gasteiger partial charge in [-0.15, -0.1) is 0 Å². The largest absolute Gasteiger partial charge is 0.493 e. The predicted molar refractivity (Wildman–Crippen MR) is 53.4 cm³/mol. The molecule has 0 aromatic heterocycles. The van der Waals surface area contributed by atoms with Crippen molar-refractivity contribution in [2.45, 2.75) is 0 Å². The van der Waals surface area contributed by atoms with Crippen molar-refractivity contribution in [3.63, 3.8) is 0 Å². The summed E-state index contributed by atoms with van der Waals surface area (Å²) in [5.74, 6) is 0.247. The van der Waals surface area contributed by atoms with E-state index in [0.29, 0.717) is 16.8 Å². The van der Waals surface area contributed by atoms with Gasteiger partial charge in [0.05, 0.1) is 11.1 Å². The van der Waals surface area contributed by atoms with Crippen molar-refractivity contribution in [2.24, 2.45) is 0 Å². The Kier molecular flexibility index (Phi) is 4.01. The molecule has 1 nitrogen and oxygen atoms in total. The first-order valence-electron chi connectivity index (χ1n) is 3.38. The minimum atomic E-state index is -0.304. The van der Waals surface area contributed by atoms with E-state index in [1.54, 1.807) is 12.1 Å². The highest BCUT2D eigenvalue weighted by molar-refractivity contribution is 9.10. The fraction of sp³-hybridized carbons (Fsp3) is 0.250. The number of ether oxygens (including phenoxy) is 1. The highest BCUT2D eigenvalue weighted by Crippen LogP contribution is 2.20. The first kappa shape index (κ1) is 9.99. The van der Waals surface area contributed by atoms with Crippen LogP contribution in [0.2, 0.25) is 0 Å². The van der Waals surface area contributed by atoms with Crippen LogP contribution in [-0.2, 0) is 0 Å². The normalized spacial score (nSPS) is 9.92. The zero-order chi connectivity index (χ0) is 8.97. The van der Waals surface area contributed by atoms with Crippen LogP contribution in [0.3, 0.4) is 0 Å². The van der Waals surface area contributed by atoms with Crippen LogP contribution in [0.1, 0.15) is 0 Å². The zero-order valence-electron chi connectivity index (χ0n) is 6.19. The van der Waals surface area contributed by atoms with Crippen LogP contribution >= 0.6 is 31.9 Å². The summed E-state index contributed by atoms with van der Waals surface area (Å²) in [6.45, 7) is 0.543. The third-order valence-corrected chi connectivity index (χ3v) is 2.20. The topological polar surface area (TPSA) is 9.23 Å². The summed E-state index contributed by atoms with van der Waals surface area (Å²) in [7, 11) is 0. The van der Waals surface area contributed by atoms with Gasteiger partial charge in [-0.25, -0.2) is 4.39 Å². The molecule has 0 radical (unpaired) electrons. The minimum absolute atomic E-state index is 0.304. The molecule has 0 spiro atoms. The smallest absolute Gasteiger partial charge is 0.141 e. The van der Waals surface area contributed by atoms with Crippen LogP contribution in [0, 0.1) is 5.82 Å². The van der Waals surface area contributed by atoms with Gasteiger partial charge in [-0.05, 0) is 28.1 Å². The van der Waals surface area contributed by atoms with E-state index in [4.69, 9.17) is 4.74 Å². The molecule has 12 heavy (non-hydrogen) atoms. The second kappa shape index (κ2) is 4.82. The van der Waals surface area contributed by atoms with Crippen molar-refractivity contribution in [3.8, 4) is 5.75 Å². The van der Waals surface area contributed by atoms with Crippen molar-refractivity contribution < 1.29 is 9.13 Å². The molecule has 1 rings (SSSR count). The van der Waals surface area contributed by atoms with Crippen LogP contribution in [-0.4, -0.2) is 11.9 Å². The summed E-state index contributed by atoms with van der Waals surface area (Å²) >= 11 is 6.27. The van der Waals surface area contributed by atoms with Crippen molar-refractivity contribution in [3.05, 3.63) is 28.5 Å². The number of hydrogen-bond donors (Lipinski definition) is 0. The Balaban J connectivity index is 2.69. The van der Waals surface area contributed by atoms with Crippen LogP contribution < -0.4 is 4.74 Å². The van der Waals surface area contributed by atoms with E-state index in [1.165, 1.54) is 6.07 Å². The lowest BCUT2D eigenvalue weighted by Crippen LogP contribution is -1.97. The lowest BCUT2D eigenvalue weighted by Gasteiger charge is -2.03. The third-order valence-electron chi connectivity index (χ3n) is 1.24. The lowest BCUT2D eigenvalue weighted by atomic mass is 10.3. The molecule has 1 aromatic rings. The van der Waals surface area contributed by atoms with E-state index in [1.807, 2.05) is 0 Å². The molecule has 0 unspecified atom stereocenters. The Morgan fingerprint density at radius 1 is 1.42 bits per heavy atom. The fourth-order valence-corrected chi connectivity index (χ4v) is 1.13. The van der Waals surface area contributed by atoms with E-state index in [-0.39, 0.29) is 5.82 Å². The van der Waals surface area contributed by atoms with Gasteiger partial charge in [0, 0.05) is 11.4 Å². The van der Waals surface area contributed by atoms with Gasteiger partial charge in [0.25, 0.3) is 0 Å². The van der Waals surface area contributed by atoms with E-state index < -0.39 is 0 Å². The maximum Gasteiger partial charge on any atom is 0.141 e. The molecule has 0 aliphatic heterocycles. The van der Waals surface area contributed by atoms with Crippen molar-refractivity contribution >= 4 is 31.9 Å². The van der Waals surface area contributed by atoms with E-state index in [0.717, 1.165) is 5.33 Å². The number of benzene rings is 1. The number of halogens is 3. The van der Waals surface area contributed by atoms with Gasteiger partial charge in [-0.3, -0.25) is 0 Å². The van der Waals surface area contributed by atoms with Crippen LogP contribution in [0.5, 0.6) is 5.75 Å². The molecule has 1 aromatic carbocycles. The molecule has 0 heterocycles. The van der Waals surface area contributed by atoms with Gasteiger partial charge in [0.2, 0.25) is 0 Å². The highest BCUT2D eigenvalue weighted by Gasteiger charge is 2.00. The Morgan fingerprint density at radius 3 is 2.75 bits per heavy atom. The van der Waals surface area contributed by atoms with Crippen molar-refractivity contribution in [1.82, 2.24) is 0 Å². The SMILES string of the molecule is Fc1cc(OCCBr)ccc1Br. The van der Waals surface area contributed by atoms with E-state index >= 15 is 0 Å². The summed E-state index contributed by atoms with van der Waals surface area (Å²) in [6.07, 6.45) is 0. The molecule has 0 fully saturated rings. The molecule has 0 atom stereocenters. The quantitative estimate of drug-likeness (QED) is 0.778. The molecule has 0 N–H and O–H groups in total. The average Bonchev–Trinajstić information content (AvgIpc) is 2.07. The Labute approximate surface area is 87.2 Å². The van der Waals surface area contributed by atoms with E-state index in [9.17, 15) is 4.39 Å². The van der Waals surface area contributed by atoms with Gasteiger partial charge in [0.15, 0.2) is 0 Å². The summed E-state index contributed by atoms with van der Waals surface area (Å²) in [6, 6.07) is 4.70. The number of alkyl halides is 1. The maximum atomic E-state index is 12.9. The van der Waals surface area contributed by atoms with Crippen LogP contribution in [0.15, 0.2) is 22.7 Å². The molecule has 0 saturated heterocycles. The zero-order valence-corrected chi connectivity index (χ0v) is 9.36. The molecule has 0 saturated carbocycles. The second-order valence-corrected chi connectivity index (χ2v) is 3.76. The lowest BCUT2D eigenvalue weighted by molar-refractivity contribution is 0.343. The summed E-state index contributed by atoms with van der Waals surface area (Å²) in [5, 5.41) is 0.741. The monoisotopic (exact) mass is 296 g/mol.